The maximum Gasteiger partial charge on any atom is 0.260 e. The lowest BCUT2D eigenvalue weighted by Crippen LogP contribution is -2.49. The molecule has 6 heteroatoms. The number of carbonyl (C=O) groups excluding carboxylic acids is 1. The molecule has 0 bridgehead atoms. The molecule has 1 aromatic carbocycles. The fourth-order valence-electron chi connectivity index (χ4n) is 2.93. The maximum atomic E-state index is 12.3. The minimum absolute atomic E-state index is 0.00617. The number of aromatic nitrogens is 2. The van der Waals surface area contributed by atoms with E-state index in [-0.39, 0.29) is 24.7 Å². The summed E-state index contributed by atoms with van der Waals surface area (Å²) in [5, 5.41) is 4.16. The van der Waals surface area contributed by atoms with Crippen LogP contribution in [0, 0.1) is 0 Å². The molecule has 3 rings (SSSR count). The van der Waals surface area contributed by atoms with E-state index in [1.807, 2.05) is 62.5 Å². The number of hydrogen-bond acceptors (Lipinski definition) is 4. The molecule has 0 saturated carbocycles. The van der Waals surface area contributed by atoms with Crippen LogP contribution in [0.4, 0.5) is 0 Å². The fourth-order valence-corrected chi connectivity index (χ4v) is 2.93. The van der Waals surface area contributed by atoms with Crippen LogP contribution in [0.1, 0.15) is 13.8 Å². The molecule has 1 fully saturated rings. The third kappa shape index (κ3) is 3.94. The number of nitrogens with zero attached hydrogens (tertiary/aromatic N) is 3. The van der Waals surface area contributed by atoms with Gasteiger partial charge in [0, 0.05) is 31.9 Å². The molecule has 1 saturated heterocycles. The van der Waals surface area contributed by atoms with Gasteiger partial charge >= 0.3 is 0 Å². The summed E-state index contributed by atoms with van der Waals surface area (Å²) >= 11 is 0. The number of hydrogen-bond donors (Lipinski definition) is 0. The zero-order chi connectivity index (χ0) is 17.1. The molecular formula is C18H23N3O3. The van der Waals surface area contributed by atoms with Gasteiger partial charge in [-0.1, -0.05) is 12.1 Å². The lowest BCUT2D eigenvalue weighted by molar-refractivity contribution is -0.145. The van der Waals surface area contributed by atoms with Crippen molar-refractivity contribution in [3.63, 3.8) is 0 Å². The number of ether oxygens (including phenoxy) is 2. The van der Waals surface area contributed by atoms with Crippen LogP contribution in [0.15, 0.2) is 36.7 Å². The van der Waals surface area contributed by atoms with Crippen LogP contribution in [0.3, 0.4) is 0 Å². The normalized spacial score (nSPS) is 20.9. The monoisotopic (exact) mass is 329 g/mol. The minimum Gasteiger partial charge on any atom is -0.484 e. The van der Waals surface area contributed by atoms with Crippen molar-refractivity contribution in [2.24, 2.45) is 7.05 Å². The van der Waals surface area contributed by atoms with Crippen molar-refractivity contribution in [1.29, 1.82) is 0 Å². The summed E-state index contributed by atoms with van der Waals surface area (Å²) in [7, 11) is 1.89. The van der Waals surface area contributed by atoms with Crippen LogP contribution in [0.2, 0.25) is 0 Å². The van der Waals surface area contributed by atoms with Gasteiger partial charge in [-0.2, -0.15) is 5.10 Å². The highest BCUT2D eigenvalue weighted by molar-refractivity contribution is 5.78. The third-order valence-electron chi connectivity index (χ3n) is 4.03. The predicted molar refractivity (Wildman–Crippen MR) is 90.7 cm³/mol. The highest BCUT2D eigenvalue weighted by Crippen LogP contribution is 2.22. The summed E-state index contributed by atoms with van der Waals surface area (Å²) < 4.78 is 13.0. The van der Waals surface area contributed by atoms with Gasteiger partial charge in [0.25, 0.3) is 5.91 Å². The Kier molecular flexibility index (Phi) is 4.85. The Bertz CT molecular complexity index is 686. The van der Waals surface area contributed by atoms with Gasteiger partial charge in [0.05, 0.1) is 18.4 Å². The molecule has 0 aliphatic carbocycles. The van der Waals surface area contributed by atoms with Gasteiger partial charge < -0.3 is 14.4 Å². The summed E-state index contributed by atoms with van der Waals surface area (Å²) in [5.41, 5.74) is 2.12. The van der Waals surface area contributed by atoms with Crippen molar-refractivity contribution in [3.8, 4) is 16.9 Å². The maximum absolute atomic E-state index is 12.3. The largest absolute Gasteiger partial charge is 0.484 e. The minimum atomic E-state index is -0.00617. The Morgan fingerprint density at radius 2 is 1.88 bits per heavy atom. The molecular weight excluding hydrogens is 306 g/mol. The number of morpholine rings is 1. The number of amides is 1. The van der Waals surface area contributed by atoms with Crippen LogP contribution in [0.25, 0.3) is 11.1 Å². The van der Waals surface area contributed by atoms with E-state index in [1.165, 1.54) is 0 Å². The fraction of sp³-hybridized carbons (Fsp3) is 0.444. The van der Waals surface area contributed by atoms with Gasteiger partial charge in [0.2, 0.25) is 0 Å². The lowest BCUT2D eigenvalue weighted by Gasteiger charge is -2.35. The first-order valence-electron chi connectivity index (χ1n) is 8.16. The summed E-state index contributed by atoms with van der Waals surface area (Å²) in [5.74, 6) is 0.679. The van der Waals surface area contributed by atoms with Crippen molar-refractivity contribution in [2.45, 2.75) is 26.1 Å². The van der Waals surface area contributed by atoms with Crippen molar-refractivity contribution < 1.29 is 14.3 Å². The SMILES string of the molecule is C[C@@H]1CN(C(=O)COc2ccc(-c3cnn(C)c3)cc2)C[C@@H](C)O1. The first-order chi connectivity index (χ1) is 11.5. The number of benzene rings is 1. The lowest BCUT2D eigenvalue weighted by atomic mass is 10.1. The molecule has 24 heavy (non-hydrogen) atoms. The number of rotatable bonds is 4. The zero-order valence-electron chi connectivity index (χ0n) is 14.3. The van der Waals surface area contributed by atoms with E-state index >= 15 is 0 Å². The number of aryl methyl sites for hydroxylation is 1. The van der Waals surface area contributed by atoms with E-state index < -0.39 is 0 Å². The average Bonchev–Trinajstić information content (AvgIpc) is 2.98. The summed E-state index contributed by atoms with van der Waals surface area (Å²) in [6, 6.07) is 7.69. The van der Waals surface area contributed by atoms with E-state index in [0.717, 1.165) is 11.1 Å². The van der Waals surface area contributed by atoms with Gasteiger partial charge in [0.1, 0.15) is 5.75 Å². The molecule has 2 heterocycles. The Morgan fingerprint density at radius 1 is 1.21 bits per heavy atom. The van der Waals surface area contributed by atoms with E-state index in [1.54, 1.807) is 4.68 Å². The summed E-state index contributed by atoms with van der Waals surface area (Å²) in [4.78, 5) is 14.1. The molecule has 1 aliphatic heterocycles. The van der Waals surface area contributed by atoms with Crippen molar-refractivity contribution in [3.05, 3.63) is 36.7 Å². The van der Waals surface area contributed by atoms with Crippen LogP contribution in [-0.2, 0) is 16.6 Å². The second kappa shape index (κ2) is 7.05. The highest BCUT2D eigenvalue weighted by atomic mass is 16.5. The zero-order valence-corrected chi connectivity index (χ0v) is 14.3. The topological polar surface area (TPSA) is 56.6 Å². The van der Waals surface area contributed by atoms with Crippen LogP contribution in [-0.4, -0.2) is 52.5 Å². The first-order valence-corrected chi connectivity index (χ1v) is 8.16. The predicted octanol–water partition coefficient (Wildman–Crippen LogP) is 2.10. The Morgan fingerprint density at radius 3 is 2.46 bits per heavy atom. The standard InChI is InChI=1S/C18H23N3O3/c1-13-9-21(10-14(2)24-13)18(22)12-23-17-6-4-15(5-7-17)16-8-19-20(3)11-16/h4-8,11,13-14H,9-10,12H2,1-3H3/t13-,14-/m1/s1. The van der Waals surface area contributed by atoms with Crippen LogP contribution >= 0.6 is 0 Å². The van der Waals surface area contributed by atoms with Gasteiger partial charge in [-0.25, -0.2) is 0 Å². The van der Waals surface area contributed by atoms with Gasteiger partial charge in [-0.3, -0.25) is 9.48 Å². The third-order valence-corrected chi connectivity index (χ3v) is 4.03. The molecule has 6 nitrogen and oxygen atoms in total. The highest BCUT2D eigenvalue weighted by Gasteiger charge is 2.25. The average molecular weight is 329 g/mol. The Hall–Kier alpha value is -2.34. The smallest absolute Gasteiger partial charge is 0.260 e. The van der Waals surface area contributed by atoms with Crippen molar-refractivity contribution in [2.75, 3.05) is 19.7 Å². The molecule has 1 amide bonds. The van der Waals surface area contributed by atoms with E-state index in [9.17, 15) is 4.79 Å². The van der Waals surface area contributed by atoms with E-state index in [2.05, 4.69) is 5.10 Å². The molecule has 1 aromatic heterocycles. The number of carbonyl (C=O) groups is 1. The van der Waals surface area contributed by atoms with Crippen molar-refractivity contribution >= 4 is 5.91 Å². The van der Waals surface area contributed by atoms with Crippen LogP contribution in [0.5, 0.6) is 5.75 Å². The summed E-state index contributed by atoms with van der Waals surface area (Å²) in [6.45, 7) is 5.24. The van der Waals surface area contributed by atoms with Gasteiger partial charge in [0.15, 0.2) is 6.61 Å². The molecule has 0 N–H and O–H groups in total. The summed E-state index contributed by atoms with van der Waals surface area (Å²) in [6.07, 6.45) is 3.91. The molecule has 2 atom stereocenters. The second-order valence-electron chi connectivity index (χ2n) is 6.27. The van der Waals surface area contributed by atoms with E-state index in [0.29, 0.717) is 18.8 Å². The Balaban J connectivity index is 1.55. The molecule has 128 valence electrons. The first kappa shape index (κ1) is 16.5. The molecule has 0 radical (unpaired) electrons. The molecule has 0 unspecified atom stereocenters. The van der Waals surface area contributed by atoms with Crippen molar-refractivity contribution in [1.82, 2.24) is 14.7 Å². The van der Waals surface area contributed by atoms with Crippen LogP contribution < -0.4 is 4.74 Å². The Labute approximate surface area is 142 Å². The van der Waals surface area contributed by atoms with E-state index in [4.69, 9.17) is 9.47 Å². The second-order valence-corrected chi connectivity index (χ2v) is 6.27. The molecule has 0 spiro atoms. The molecule has 1 aliphatic rings. The molecule has 2 aromatic rings. The quantitative estimate of drug-likeness (QED) is 0.862. The van der Waals surface area contributed by atoms with Gasteiger partial charge in [-0.05, 0) is 31.5 Å². The van der Waals surface area contributed by atoms with Gasteiger partial charge in [-0.15, -0.1) is 0 Å².